The first-order valence-corrected chi connectivity index (χ1v) is 6.21. The van der Waals surface area contributed by atoms with E-state index in [0.29, 0.717) is 19.0 Å². The first-order chi connectivity index (χ1) is 8.10. The van der Waals surface area contributed by atoms with Gasteiger partial charge < -0.3 is 15.7 Å². The summed E-state index contributed by atoms with van der Waals surface area (Å²) in [7, 11) is 0. The lowest BCUT2D eigenvalue weighted by molar-refractivity contribution is 0.102. The van der Waals surface area contributed by atoms with Crippen LogP contribution in [-0.4, -0.2) is 29.3 Å². The molecule has 0 aliphatic carbocycles. The van der Waals surface area contributed by atoms with Crippen LogP contribution in [0.4, 0.5) is 5.82 Å². The van der Waals surface area contributed by atoms with Crippen LogP contribution in [0.1, 0.15) is 24.6 Å². The number of hydrogen-bond acceptors (Lipinski definition) is 4. The van der Waals surface area contributed by atoms with Gasteiger partial charge in [-0.15, -0.1) is 0 Å². The molecule has 17 heavy (non-hydrogen) atoms. The van der Waals surface area contributed by atoms with Gasteiger partial charge in [0.2, 0.25) is 0 Å². The van der Waals surface area contributed by atoms with Crippen LogP contribution < -0.4 is 10.6 Å². The average Bonchev–Trinajstić information content (AvgIpc) is 2.32. The van der Waals surface area contributed by atoms with E-state index in [2.05, 4.69) is 16.8 Å². The Bertz CT molecular complexity index is 394. The molecule has 4 nitrogen and oxygen atoms in total. The van der Waals surface area contributed by atoms with Gasteiger partial charge in [-0.25, -0.2) is 4.98 Å². The minimum Gasteiger partial charge on any atom is -0.391 e. The highest BCUT2D eigenvalue weighted by Gasteiger charge is 2.25. The molecule has 1 saturated heterocycles. The molecule has 1 aromatic heterocycles. The molecule has 0 radical (unpaired) electrons. The molecule has 1 fully saturated rings. The normalized spacial score (nSPS) is 25.1. The van der Waals surface area contributed by atoms with E-state index in [-0.39, 0.29) is 6.10 Å². The zero-order valence-electron chi connectivity index (χ0n) is 10.6. The molecule has 0 aromatic carbocycles. The van der Waals surface area contributed by atoms with Crippen molar-refractivity contribution in [3.63, 3.8) is 0 Å². The van der Waals surface area contributed by atoms with Gasteiger partial charge in [0.1, 0.15) is 5.82 Å². The minimum atomic E-state index is -0.257. The van der Waals surface area contributed by atoms with E-state index in [4.69, 9.17) is 5.73 Å². The maximum absolute atomic E-state index is 9.91. The third-order valence-corrected chi connectivity index (χ3v) is 3.48. The number of pyridine rings is 1. The molecule has 2 heterocycles. The third-order valence-electron chi connectivity index (χ3n) is 3.48. The van der Waals surface area contributed by atoms with Crippen molar-refractivity contribution in [1.82, 2.24) is 4.98 Å². The standard InChI is InChI=1S/C13H21N3O/c1-9-3-4-16(8-12(9)17)13-6-11(7-14)5-10(2)15-13/h5-6,9,12,17H,3-4,7-8,14H2,1-2H3. The fourth-order valence-corrected chi connectivity index (χ4v) is 2.26. The number of hydrogen-bond donors (Lipinski definition) is 2. The van der Waals surface area contributed by atoms with Gasteiger partial charge in [0.15, 0.2) is 0 Å². The largest absolute Gasteiger partial charge is 0.391 e. The fraction of sp³-hybridized carbons (Fsp3) is 0.615. The third kappa shape index (κ3) is 2.76. The summed E-state index contributed by atoms with van der Waals surface area (Å²) in [6.45, 7) is 6.23. The van der Waals surface area contributed by atoms with Gasteiger partial charge in [-0.05, 0) is 37.0 Å². The summed E-state index contributed by atoms with van der Waals surface area (Å²) >= 11 is 0. The van der Waals surface area contributed by atoms with E-state index in [1.165, 1.54) is 0 Å². The fourth-order valence-electron chi connectivity index (χ4n) is 2.26. The minimum absolute atomic E-state index is 0.257. The lowest BCUT2D eigenvalue weighted by atomic mass is 9.96. The molecular formula is C13H21N3O. The first kappa shape index (κ1) is 12.3. The van der Waals surface area contributed by atoms with Gasteiger partial charge in [0.05, 0.1) is 6.10 Å². The van der Waals surface area contributed by atoms with E-state index in [1.807, 2.05) is 19.1 Å². The van der Waals surface area contributed by atoms with Crippen LogP contribution in [0.5, 0.6) is 0 Å². The number of aryl methyl sites for hydroxylation is 1. The van der Waals surface area contributed by atoms with E-state index in [0.717, 1.165) is 30.0 Å². The summed E-state index contributed by atoms with van der Waals surface area (Å²) in [5, 5.41) is 9.91. The maximum atomic E-state index is 9.91. The lowest BCUT2D eigenvalue weighted by Gasteiger charge is -2.35. The lowest BCUT2D eigenvalue weighted by Crippen LogP contribution is -2.43. The van der Waals surface area contributed by atoms with Crippen molar-refractivity contribution in [2.75, 3.05) is 18.0 Å². The van der Waals surface area contributed by atoms with Gasteiger partial charge in [-0.2, -0.15) is 0 Å². The topological polar surface area (TPSA) is 62.4 Å². The Morgan fingerprint density at radius 3 is 2.94 bits per heavy atom. The molecular weight excluding hydrogens is 214 g/mol. The number of aromatic nitrogens is 1. The first-order valence-electron chi connectivity index (χ1n) is 6.21. The Morgan fingerprint density at radius 1 is 1.53 bits per heavy atom. The van der Waals surface area contributed by atoms with E-state index < -0.39 is 0 Å². The van der Waals surface area contributed by atoms with Gasteiger partial charge in [0, 0.05) is 25.3 Å². The van der Waals surface area contributed by atoms with Gasteiger partial charge in [-0.3, -0.25) is 0 Å². The molecule has 1 aliphatic heterocycles. The van der Waals surface area contributed by atoms with Crippen LogP contribution in [0.15, 0.2) is 12.1 Å². The molecule has 4 heteroatoms. The molecule has 0 saturated carbocycles. The highest BCUT2D eigenvalue weighted by Crippen LogP contribution is 2.23. The molecule has 0 bridgehead atoms. The molecule has 94 valence electrons. The van der Waals surface area contributed by atoms with Crippen molar-refractivity contribution in [3.05, 3.63) is 23.4 Å². The summed E-state index contributed by atoms with van der Waals surface area (Å²) in [5.41, 5.74) is 7.75. The van der Waals surface area contributed by atoms with Crippen molar-refractivity contribution in [2.24, 2.45) is 11.7 Å². The van der Waals surface area contributed by atoms with Crippen LogP contribution in [0, 0.1) is 12.8 Å². The molecule has 2 unspecified atom stereocenters. The number of piperidine rings is 1. The Balaban J connectivity index is 2.19. The molecule has 1 aromatic rings. The Kier molecular flexibility index (Phi) is 3.64. The molecule has 2 atom stereocenters. The molecule has 0 spiro atoms. The number of anilines is 1. The monoisotopic (exact) mass is 235 g/mol. The zero-order valence-corrected chi connectivity index (χ0v) is 10.6. The number of nitrogens with two attached hydrogens (primary N) is 1. The van der Waals surface area contributed by atoms with Crippen molar-refractivity contribution in [3.8, 4) is 0 Å². The van der Waals surface area contributed by atoms with Crippen molar-refractivity contribution in [1.29, 1.82) is 0 Å². The number of β-amino-alcohol motifs (C(OH)–C–C–N with tert-alkyl or cyclic N) is 1. The van der Waals surface area contributed by atoms with E-state index in [1.54, 1.807) is 0 Å². The SMILES string of the molecule is Cc1cc(CN)cc(N2CCC(C)C(O)C2)n1. The van der Waals surface area contributed by atoms with Crippen LogP contribution >= 0.6 is 0 Å². The number of nitrogens with zero attached hydrogens (tertiary/aromatic N) is 2. The Hall–Kier alpha value is -1.13. The summed E-state index contributed by atoms with van der Waals surface area (Å²) in [6.07, 6.45) is 0.752. The summed E-state index contributed by atoms with van der Waals surface area (Å²) in [5.74, 6) is 1.32. The summed E-state index contributed by atoms with van der Waals surface area (Å²) in [6, 6.07) is 4.03. The van der Waals surface area contributed by atoms with Gasteiger partial charge in [0.25, 0.3) is 0 Å². The van der Waals surface area contributed by atoms with Gasteiger partial charge >= 0.3 is 0 Å². The second-order valence-electron chi connectivity index (χ2n) is 4.96. The molecule has 2 rings (SSSR count). The van der Waals surface area contributed by atoms with E-state index in [9.17, 15) is 5.11 Å². The average molecular weight is 235 g/mol. The highest BCUT2D eigenvalue weighted by molar-refractivity contribution is 5.43. The number of aliphatic hydroxyl groups excluding tert-OH is 1. The highest BCUT2D eigenvalue weighted by atomic mass is 16.3. The zero-order chi connectivity index (χ0) is 12.4. The number of aliphatic hydroxyl groups is 1. The second-order valence-corrected chi connectivity index (χ2v) is 4.96. The van der Waals surface area contributed by atoms with Crippen molar-refractivity contribution < 1.29 is 5.11 Å². The predicted octanol–water partition coefficient (Wildman–Crippen LogP) is 1.06. The van der Waals surface area contributed by atoms with Crippen LogP contribution in [0.25, 0.3) is 0 Å². The Labute approximate surface area is 102 Å². The second kappa shape index (κ2) is 5.02. The van der Waals surface area contributed by atoms with E-state index >= 15 is 0 Å². The van der Waals surface area contributed by atoms with Crippen molar-refractivity contribution in [2.45, 2.75) is 32.9 Å². The summed E-state index contributed by atoms with van der Waals surface area (Å²) < 4.78 is 0. The molecule has 3 N–H and O–H groups in total. The molecule has 1 aliphatic rings. The smallest absolute Gasteiger partial charge is 0.129 e. The maximum Gasteiger partial charge on any atom is 0.129 e. The molecule has 0 amide bonds. The summed E-state index contributed by atoms with van der Waals surface area (Å²) in [4.78, 5) is 6.67. The van der Waals surface area contributed by atoms with Crippen LogP contribution in [-0.2, 0) is 6.54 Å². The van der Waals surface area contributed by atoms with Crippen LogP contribution in [0.2, 0.25) is 0 Å². The van der Waals surface area contributed by atoms with Gasteiger partial charge in [-0.1, -0.05) is 6.92 Å². The Morgan fingerprint density at radius 2 is 2.29 bits per heavy atom. The van der Waals surface area contributed by atoms with Crippen LogP contribution in [0.3, 0.4) is 0 Å². The predicted molar refractivity (Wildman–Crippen MR) is 68.9 cm³/mol. The quantitative estimate of drug-likeness (QED) is 0.804. The number of rotatable bonds is 2. The van der Waals surface area contributed by atoms with Crippen molar-refractivity contribution >= 4 is 5.82 Å².